The number of unbranched alkanes of at least 4 members (excludes halogenated alkanes) is 1. The highest BCUT2D eigenvalue weighted by Gasteiger charge is 2.25. The van der Waals surface area contributed by atoms with E-state index in [-0.39, 0.29) is 5.56 Å². The third kappa shape index (κ3) is 3.86. The molecule has 2 heterocycles. The molecular weight excluding hydrogens is 332 g/mol. The first-order valence-electron chi connectivity index (χ1n) is 7.85. The Labute approximate surface area is 134 Å². The maximum absolute atomic E-state index is 12.3. The molecule has 0 saturated carbocycles. The first kappa shape index (κ1) is 16.5. The summed E-state index contributed by atoms with van der Waals surface area (Å²) in [5, 5.41) is 6.51. The minimum atomic E-state index is -0.0641. The predicted octanol–water partition coefficient (Wildman–Crippen LogP) is 3.40. The first-order valence-corrected chi connectivity index (χ1v) is 8.64. The lowest BCUT2D eigenvalue weighted by atomic mass is 10.00. The van der Waals surface area contributed by atoms with Gasteiger partial charge >= 0.3 is 0 Å². The number of nitrogens with zero attached hydrogens (tertiary/aromatic N) is 3. The molecule has 0 aliphatic carbocycles. The molecule has 21 heavy (non-hydrogen) atoms. The number of hydrogen-bond donors (Lipinski definition) is 1. The fourth-order valence-electron chi connectivity index (χ4n) is 2.79. The molecule has 0 bridgehead atoms. The molecule has 6 heteroatoms. The van der Waals surface area contributed by atoms with Crippen molar-refractivity contribution >= 4 is 21.6 Å². The van der Waals surface area contributed by atoms with Gasteiger partial charge in [-0.3, -0.25) is 4.79 Å². The van der Waals surface area contributed by atoms with Crippen LogP contribution in [0.1, 0.15) is 52.9 Å². The minimum absolute atomic E-state index is 0.0641. The Kier molecular flexibility index (Phi) is 5.81. The summed E-state index contributed by atoms with van der Waals surface area (Å²) in [7, 11) is 0. The Morgan fingerprint density at radius 3 is 2.67 bits per heavy atom. The molecule has 0 spiro atoms. The van der Waals surface area contributed by atoms with Gasteiger partial charge in [-0.05, 0) is 49.0 Å². The van der Waals surface area contributed by atoms with E-state index in [0.717, 1.165) is 18.5 Å². The minimum Gasteiger partial charge on any atom is -0.316 e. The van der Waals surface area contributed by atoms with Crippen molar-refractivity contribution in [2.24, 2.45) is 0 Å². The van der Waals surface area contributed by atoms with Crippen molar-refractivity contribution in [3.05, 3.63) is 21.0 Å². The molecule has 1 N–H and O–H groups in total. The van der Waals surface area contributed by atoms with Gasteiger partial charge < -0.3 is 5.43 Å². The molecule has 5 nitrogen and oxygen atoms in total. The molecule has 2 unspecified atom stereocenters. The summed E-state index contributed by atoms with van der Waals surface area (Å²) >= 11 is 3.43. The molecule has 1 saturated heterocycles. The van der Waals surface area contributed by atoms with Gasteiger partial charge in [0.05, 0.1) is 11.9 Å². The van der Waals surface area contributed by atoms with Crippen LogP contribution in [0, 0.1) is 0 Å². The van der Waals surface area contributed by atoms with Crippen LogP contribution in [0.2, 0.25) is 0 Å². The van der Waals surface area contributed by atoms with E-state index in [1.165, 1.54) is 23.9 Å². The smallest absolute Gasteiger partial charge is 0.283 e. The molecule has 1 aromatic rings. The largest absolute Gasteiger partial charge is 0.316 e. The van der Waals surface area contributed by atoms with Crippen molar-refractivity contribution in [2.75, 3.05) is 5.43 Å². The van der Waals surface area contributed by atoms with Crippen LogP contribution < -0.4 is 11.0 Å². The van der Waals surface area contributed by atoms with Crippen LogP contribution in [0.4, 0.5) is 5.69 Å². The van der Waals surface area contributed by atoms with Gasteiger partial charge in [0.15, 0.2) is 0 Å². The summed E-state index contributed by atoms with van der Waals surface area (Å²) in [6.07, 6.45) is 7.38. The average Bonchev–Trinajstić information content (AvgIpc) is 2.46. The van der Waals surface area contributed by atoms with Gasteiger partial charge in [-0.25, -0.2) is 9.69 Å². The van der Waals surface area contributed by atoms with E-state index in [0.29, 0.717) is 23.1 Å². The molecule has 2 rings (SSSR count). The monoisotopic (exact) mass is 356 g/mol. The Bertz CT molecular complexity index is 521. The molecular formula is C15H25BrN4O. The lowest BCUT2D eigenvalue weighted by Crippen LogP contribution is -2.47. The normalized spacial score (nSPS) is 23.2. The summed E-state index contributed by atoms with van der Waals surface area (Å²) < 4.78 is 2.10. The molecule has 118 valence electrons. The van der Waals surface area contributed by atoms with Crippen LogP contribution in [-0.2, 0) is 6.54 Å². The lowest BCUT2D eigenvalue weighted by Gasteiger charge is -2.39. The third-order valence-corrected chi connectivity index (χ3v) is 4.92. The van der Waals surface area contributed by atoms with Crippen LogP contribution >= 0.6 is 15.9 Å². The zero-order chi connectivity index (χ0) is 15.4. The highest BCUT2D eigenvalue weighted by molar-refractivity contribution is 9.10. The topological polar surface area (TPSA) is 50.2 Å². The van der Waals surface area contributed by atoms with E-state index in [1.807, 2.05) is 0 Å². The van der Waals surface area contributed by atoms with E-state index in [1.54, 1.807) is 6.20 Å². The molecule has 2 atom stereocenters. The number of halogens is 1. The number of anilines is 1. The average molecular weight is 357 g/mol. The Hall–Kier alpha value is -0.880. The van der Waals surface area contributed by atoms with Gasteiger partial charge in [-0.1, -0.05) is 19.8 Å². The number of hydrogen-bond acceptors (Lipinski definition) is 4. The summed E-state index contributed by atoms with van der Waals surface area (Å²) in [5.74, 6) is 0. The van der Waals surface area contributed by atoms with Crippen LogP contribution in [-0.4, -0.2) is 26.9 Å². The van der Waals surface area contributed by atoms with Gasteiger partial charge in [0, 0.05) is 18.6 Å². The van der Waals surface area contributed by atoms with E-state index in [9.17, 15) is 4.79 Å². The zero-order valence-electron chi connectivity index (χ0n) is 13.1. The number of aromatic nitrogens is 2. The van der Waals surface area contributed by atoms with Gasteiger partial charge in [-0.2, -0.15) is 5.10 Å². The van der Waals surface area contributed by atoms with E-state index >= 15 is 0 Å². The fourth-order valence-corrected chi connectivity index (χ4v) is 3.19. The Morgan fingerprint density at radius 2 is 2.05 bits per heavy atom. The standard InChI is InChI=1S/C15H25BrN4O/c1-4-5-9-19-15(21)14(16)13(10-17-19)18-20-11(2)7-6-8-12(20)3/h10-12,18H,4-9H2,1-3H3. The van der Waals surface area contributed by atoms with Gasteiger partial charge in [0.1, 0.15) is 4.47 Å². The maximum Gasteiger partial charge on any atom is 0.283 e. The number of nitrogens with one attached hydrogen (secondary N) is 1. The van der Waals surface area contributed by atoms with Gasteiger partial charge in [0.2, 0.25) is 0 Å². The van der Waals surface area contributed by atoms with Crippen LogP contribution in [0.3, 0.4) is 0 Å². The van der Waals surface area contributed by atoms with Crippen molar-refractivity contribution < 1.29 is 0 Å². The highest BCUT2D eigenvalue weighted by atomic mass is 79.9. The van der Waals surface area contributed by atoms with Crippen molar-refractivity contribution in [1.29, 1.82) is 0 Å². The molecule has 1 aliphatic heterocycles. The second-order valence-electron chi connectivity index (χ2n) is 5.90. The number of rotatable bonds is 5. The maximum atomic E-state index is 12.3. The molecule has 0 aromatic carbocycles. The van der Waals surface area contributed by atoms with E-state index in [4.69, 9.17) is 0 Å². The van der Waals surface area contributed by atoms with Crippen molar-refractivity contribution in [3.63, 3.8) is 0 Å². The number of piperidine rings is 1. The SMILES string of the molecule is CCCCn1ncc(NN2C(C)CCCC2C)c(Br)c1=O. The third-order valence-electron chi connectivity index (χ3n) is 4.15. The molecule has 1 aromatic heterocycles. The Morgan fingerprint density at radius 1 is 1.38 bits per heavy atom. The van der Waals surface area contributed by atoms with E-state index < -0.39 is 0 Å². The Balaban J connectivity index is 2.17. The zero-order valence-corrected chi connectivity index (χ0v) is 14.7. The van der Waals surface area contributed by atoms with Crippen LogP contribution in [0.5, 0.6) is 0 Å². The lowest BCUT2D eigenvalue weighted by molar-refractivity contribution is 0.135. The van der Waals surface area contributed by atoms with Crippen molar-refractivity contribution in [3.8, 4) is 0 Å². The van der Waals surface area contributed by atoms with Gasteiger partial charge in [0.25, 0.3) is 5.56 Å². The summed E-state index contributed by atoms with van der Waals surface area (Å²) in [4.78, 5) is 12.3. The summed E-state index contributed by atoms with van der Waals surface area (Å²) in [6, 6.07) is 0.923. The molecule has 0 amide bonds. The molecule has 1 aliphatic rings. The van der Waals surface area contributed by atoms with Crippen LogP contribution in [0.25, 0.3) is 0 Å². The second-order valence-corrected chi connectivity index (χ2v) is 6.70. The van der Waals surface area contributed by atoms with Crippen LogP contribution in [0.15, 0.2) is 15.5 Å². The van der Waals surface area contributed by atoms with Crippen molar-refractivity contribution in [2.45, 2.75) is 71.5 Å². The second kappa shape index (κ2) is 7.40. The first-order chi connectivity index (χ1) is 10.0. The molecule has 1 fully saturated rings. The number of hydrazine groups is 1. The number of aryl methyl sites for hydroxylation is 1. The van der Waals surface area contributed by atoms with Crippen molar-refractivity contribution in [1.82, 2.24) is 14.8 Å². The highest BCUT2D eigenvalue weighted by Crippen LogP contribution is 2.25. The predicted molar refractivity (Wildman–Crippen MR) is 89.3 cm³/mol. The summed E-state index contributed by atoms with van der Waals surface area (Å²) in [5.41, 5.74) is 4.08. The summed E-state index contributed by atoms with van der Waals surface area (Å²) in [6.45, 7) is 7.21. The molecule has 0 radical (unpaired) electrons. The fraction of sp³-hybridized carbons (Fsp3) is 0.733. The van der Waals surface area contributed by atoms with Gasteiger partial charge in [-0.15, -0.1) is 0 Å². The quantitative estimate of drug-likeness (QED) is 0.878. The van der Waals surface area contributed by atoms with E-state index in [2.05, 4.69) is 52.2 Å².